The van der Waals surface area contributed by atoms with E-state index in [2.05, 4.69) is 29.6 Å². The highest BCUT2D eigenvalue weighted by molar-refractivity contribution is 5.45. The molecule has 0 bridgehead atoms. The summed E-state index contributed by atoms with van der Waals surface area (Å²) in [5.74, 6) is 0. The number of rotatable bonds is 5. The summed E-state index contributed by atoms with van der Waals surface area (Å²) in [5, 5.41) is 3.46. The first-order valence-corrected chi connectivity index (χ1v) is 5.89. The smallest absolute Gasteiger partial charge is 0.0716 e. The Hall–Kier alpha value is -1.06. The highest BCUT2D eigenvalue weighted by atomic mass is 16.5. The molecule has 88 valence electrons. The molecule has 0 spiro atoms. The number of hydrogen-bond donors (Lipinski definition) is 1. The van der Waals surface area contributed by atoms with Gasteiger partial charge in [-0.2, -0.15) is 0 Å². The van der Waals surface area contributed by atoms with Gasteiger partial charge in [0.25, 0.3) is 0 Å². The van der Waals surface area contributed by atoms with E-state index in [1.807, 2.05) is 6.92 Å². The van der Waals surface area contributed by atoms with E-state index >= 15 is 0 Å². The van der Waals surface area contributed by atoms with Gasteiger partial charge in [0.05, 0.1) is 19.3 Å². The molecule has 1 heterocycles. The third-order valence-corrected chi connectivity index (χ3v) is 2.73. The fraction of sp³-hybridized carbons (Fsp3) is 0.538. The van der Waals surface area contributed by atoms with Gasteiger partial charge in [-0.1, -0.05) is 12.1 Å². The fourth-order valence-corrected chi connectivity index (χ4v) is 1.80. The molecule has 0 aliphatic carbocycles. The number of hydrogen-bond acceptors (Lipinski definition) is 3. The zero-order chi connectivity index (χ0) is 11.2. The molecule has 1 unspecified atom stereocenters. The third-order valence-electron chi connectivity index (χ3n) is 2.73. The number of anilines is 1. The van der Waals surface area contributed by atoms with Crippen molar-refractivity contribution in [3.8, 4) is 0 Å². The van der Waals surface area contributed by atoms with Gasteiger partial charge in [0.15, 0.2) is 0 Å². The first kappa shape index (κ1) is 11.4. The predicted molar refractivity (Wildman–Crippen MR) is 64.6 cm³/mol. The van der Waals surface area contributed by atoms with E-state index in [-0.39, 0.29) is 0 Å². The molecule has 16 heavy (non-hydrogen) atoms. The van der Waals surface area contributed by atoms with E-state index in [1.165, 1.54) is 5.56 Å². The molecule has 1 N–H and O–H groups in total. The molecule has 0 saturated carbocycles. The van der Waals surface area contributed by atoms with Gasteiger partial charge in [-0.15, -0.1) is 0 Å². The Morgan fingerprint density at radius 3 is 2.81 bits per heavy atom. The van der Waals surface area contributed by atoms with Crippen molar-refractivity contribution in [1.29, 1.82) is 0 Å². The normalized spacial score (nSPS) is 19.9. The summed E-state index contributed by atoms with van der Waals surface area (Å²) < 4.78 is 10.7. The number of benzene rings is 1. The predicted octanol–water partition coefficient (Wildman–Crippen LogP) is 2.42. The van der Waals surface area contributed by atoms with Crippen molar-refractivity contribution in [3.63, 3.8) is 0 Å². The van der Waals surface area contributed by atoms with Crippen molar-refractivity contribution in [2.24, 2.45) is 0 Å². The van der Waals surface area contributed by atoms with Crippen LogP contribution >= 0.6 is 0 Å². The minimum absolute atomic E-state index is 0.470. The largest absolute Gasteiger partial charge is 0.380 e. The second-order valence-corrected chi connectivity index (χ2v) is 4.04. The van der Waals surface area contributed by atoms with Gasteiger partial charge < -0.3 is 14.8 Å². The van der Waals surface area contributed by atoms with Gasteiger partial charge in [-0.3, -0.25) is 0 Å². The van der Waals surface area contributed by atoms with E-state index in [0.29, 0.717) is 12.6 Å². The zero-order valence-electron chi connectivity index (χ0n) is 9.74. The third kappa shape index (κ3) is 3.22. The van der Waals surface area contributed by atoms with Crippen LogP contribution < -0.4 is 5.32 Å². The average molecular weight is 221 g/mol. The SMILES string of the molecule is CCOCc1ccc(NC2CCOC2)cc1. The standard InChI is InChI=1S/C13H19NO2/c1-2-15-9-11-3-5-12(6-4-11)14-13-7-8-16-10-13/h3-6,13-14H,2,7-10H2,1H3. The van der Waals surface area contributed by atoms with Crippen molar-refractivity contribution < 1.29 is 9.47 Å². The van der Waals surface area contributed by atoms with Crippen LogP contribution in [0.2, 0.25) is 0 Å². The molecule has 3 heteroatoms. The van der Waals surface area contributed by atoms with Crippen molar-refractivity contribution in [1.82, 2.24) is 0 Å². The summed E-state index contributed by atoms with van der Waals surface area (Å²) in [7, 11) is 0. The quantitative estimate of drug-likeness (QED) is 0.828. The van der Waals surface area contributed by atoms with Crippen LogP contribution in [-0.4, -0.2) is 25.9 Å². The molecule has 1 aliphatic rings. The molecule has 2 rings (SSSR count). The molecule has 1 aromatic carbocycles. The maximum absolute atomic E-state index is 5.35. The molecular weight excluding hydrogens is 202 g/mol. The van der Waals surface area contributed by atoms with Crippen LogP contribution in [0.15, 0.2) is 24.3 Å². The highest BCUT2D eigenvalue weighted by Gasteiger charge is 2.14. The molecule has 3 nitrogen and oxygen atoms in total. The Morgan fingerprint density at radius 1 is 1.38 bits per heavy atom. The van der Waals surface area contributed by atoms with Gasteiger partial charge >= 0.3 is 0 Å². The van der Waals surface area contributed by atoms with Crippen molar-refractivity contribution in [2.75, 3.05) is 25.1 Å². The molecule has 1 aromatic rings. The molecule has 1 saturated heterocycles. The van der Waals surface area contributed by atoms with Gasteiger partial charge in [0, 0.05) is 18.9 Å². The summed E-state index contributed by atoms with van der Waals surface area (Å²) in [6.45, 7) is 5.17. The van der Waals surface area contributed by atoms with E-state index in [0.717, 1.165) is 31.9 Å². The van der Waals surface area contributed by atoms with Crippen molar-refractivity contribution >= 4 is 5.69 Å². The van der Waals surface area contributed by atoms with Crippen LogP contribution in [-0.2, 0) is 16.1 Å². The van der Waals surface area contributed by atoms with Crippen LogP contribution in [0.1, 0.15) is 18.9 Å². The van der Waals surface area contributed by atoms with E-state index < -0.39 is 0 Å². The average Bonchev–Trinajstić information content (AvgIpc) is 2.81. The summed E-state index contributed by atoms with van der Waals surface area (Å²) >= 11 is 0. The molecule has 0 amide bonds. The monoisotopic (exact) mass is 221 g/mol. The fourth-order valence-electron chi connectivity index (χ4n) is 1.80. The molecule has 1 aliphatic heterocycles. The lowest BCUT2D eigenvalue weighted by atomic mass is 10.2. The Morgan fingerprint density at radius 2 is 2.19 bits per heavy atom. The zero-order valence-corrected chi connectivity index (χ0v) is 9.74. The first-order valence-electron chi connectivity index (χ1n) is 5.89. The van der Waals surface area contributed by atoms with Crippen LogP contribution in [0.4, 0.5) is 5.69 Å². The molecule has 0 aromatic heterocycles. The molecule has 1 atom stereocenters. The van der Waals surface area contributed by atoms with E-state index in [1.54, 1.807) is 0 Å². The van der Waals surface area contributed by atoms with Crippen LogP contribution in [0.25, 0.3) is 0 Å². The summed E-state index contributed by atoms with van der Waals surface area (Å²) in [4.78, 5) is 0. The van der Waals surface area contributed by atoms with Gasteiger partial charge in [-0.25, -0.2) is 0 Å². The summed E-state index contributed by atoms with van der Waals surface area (Å²) in [6, 6.07) is 8.89. The van der Waals surface area contributed by atoms with Crippen LogP contribution in [0.3, 0.4) is 0 Å². The van der Waals surface area contributed by atoms with Gasteiger partial charge in [0.1, 0.15) is 0 Å². The lowest BCUT2D eigenvalue weighted by Crippen LogP contribution is -2.18. The first-order chi connectivity index (χ1) is 7.88. The lowest BCUT2D eigenvalue weighted by molar-refractivity contribution is 0.134. The van der Waals surface area contributed by atoms with E-state index in [4.69, 9.17) is 9.47 Å². The second kappa shape index (κ2) is 5.87. The molecule has 1 fully saturated rings. The minimum atomic E-state index is 0.470. The topological polar surface area (TPSA) is 30.5 Å². The van der Waals surface area contributed by atoms with Crippen LogP contribution in [0.5, 0.6) is 0 Å². The Labute approximate surface area is 96.8 Å². The highest BCUT2D eigenvalue weighted by Crippen LogP contribution is 2.15. The van der Waals surface area contributed by atoms with E-state index in [9.17, 15) is 0 Å². The van der Waals surface area contributed by atoms with Gasteiger partial charge in [0.2, 0.25) is 0 Å². The Balaban J connectivity index is 1.86. The Kier molecular flexibility index (Phi) is 4.19. The Bertz CT molecular complexity index is 304. The maximum atomic E-state index is 5.35. The minimum Gasteiger partial charge on any atom is -0.380 e. The second-order valence-electron chi connectivity index (χ2n) is 4.04. The lowest BCUT2D eigenvalue weighted by Gasteiger charge is -2.12. The molecular formula is C13H19NO2. The summed E-state index contributed by atoms with van der Waals surface area (Å²) in [5.41, 5.74) is 2.38. The van der Waals surface area contributed by atoms with Crippen molar-refractivity contribution in [3.05, 3.63) is 29.8 Å². The number of ether oxygens (including phenoxy) is 2. The number of nitrogens with one attached hydrogen (secondary N) is 1. The van der Waals surface area contributed by atoms with Gasteiger partial charge in [-0.05, 0) is 31.0 Å². The molecule has 0 radical (unpaired) electrons. The maximum Gasteiger partial charge on any atom is 0.0716 e. The summed E-state index contributed by atoms with van der Waals surface area (Å²) in [6.07, 6.45) is 1.10. The van der Waals surface area contributed by atoms with Crippen LogP contribution in [0, 0.1) is 0 Å². The van der Waals surface area contributed by atoms with Crippen molar-refractivity contribution in [2.45, 2.75) is 26.0 Å².